The maximum absolute atomic E-state index is 11.9. The van der Waals surface area contributed by atoms with Crippen molar-refractivity contribution < 1.29 is 14.6 Å². The van der Waals surface area contributed by atoms with Gasteiger partial charge in [0.1, 0.15) is 5.60 Å². The molecule has 1 heterocycles. The second-order valence-corrected chi connectivity index (χ2v) is 5.89. The summed E-state index contributed by atoms with van der Waals surface area (Å²) in [4.78, 5) is 13.6. The van der Waals surface area contributed by atoms with Gasteiger partial charge in [-0.15, -0.1) is 5.92 Å². The van der Waals surface area contributed by atoms with E-state index in [-0.39, 0.29) is 12.7 Å². The number of amides is 1. The van der Waals surface area contributed by atoms with E-state index >= 15 is 0 Å². The van der Waals surface area contributed by atoms with Gasteiger partial charge in [0, 0.05) is 32.0 Å². The molecule has 0 aromatic carbocycles. The number of aliphatic hydroxyl groups is 1. The molecular weight excluding hydrogens is 242 g/mol. The van der Waals surface area contributed by atoms with Crippen LogP contribution in [0.4, 0.5) is 4.79 Å². The number of rotatable bonds is 2. The highest BCUT2D eigenvalue weighted by atomic mass is 16.6. The summed E-state index contributed by atoms with van der Waals surface area (Å²) in [6.45, 7) is 7.27. The molecule has 0 atom stereocenters. The number of hydrogen-bond acceptors (Lipinski definition) is 3. The van der Waals surface area contributed by atoms with E-state index in [4.69, 9.17) is 9.84 Å². The Morgan fingerprint density at radius 3 is 2.53 bits per heavy atom. The van der Waals surface area contributed by atoms with Crippen molar-refractivity contribution in [2.24, 2.45) is 5.92 Å². The minimum atomic E-state index is -0.433. The molecule has 0 aromatic rings. The van der Waals surface area contributed by atoms with Crippen LogP contribution in [0.5, 0.6) is 0 Å². The van der Waals surface area contributed by atoms with E-state index in [2.05, 4.69) is 11.8 Å². The topological polar surface area (TPSA) is 49.8 Å². The Morgan fingerprint density at radius 2 is 2.00 bits per heavy atom. The van der Waals surface area contributed by atoms with Gasteiger partial charge in [-0.25, -0.2) is 4.79 Å². The number of carbonyl (C=O) groups excluding carboxylic acids is 1. The molecule has 0 saturated carbocycles. The van der Waals surface area contributed by atoms with Gasteiger partial charge < -0.3 is 14.7 Å². The van der Waals surface area contributed by atoms with Gasteiger partial charge in [-0.3, -0.25) is 0 Å². The van der Waals surface area contributed by atoms with Gasteiger partial charge >= 0.3 is 6.09 Å². The zero-order valence-corrected chi connectivity index (χ0v) is 12.2. The van der Waals surface area contributed by atoms with E-state index in [9.17, 15) is 4.79 Å². The largest absolute Gasteiger partial charge is 0.444 e. The van der Waals surface area contributed by atoms with E-state index in [0.29, 0.717) is 19.0 Å². The van der Waals surface area contributed by atoms with Crippen LogP contribution in [-0.2, 0) is 4.74 Å². The van der Waals surface area contributed by atoms with Crippen LogP contribution in [0.25, 0.3) is 0 Å². The van der Waals surface area contributed by atoms with Crippen molar-refractivity contribution in [3.05, 3.63) is 0 Å². The van der Waals surface area contributed by atoms with Crippen molar-refractivity contribution in [1.82, 2.24) is 4.90 Å². The average molecular weight is 267 g/mol. The fourth-order valence-electron chi connectivity index (χ4n) is 1.92. The minimum Gasteiger partial charge on any atom is -0.444 e. The van der Waals surface area contributed by atoms with Crippen molar-refractivity contribution in [1.29, 1.82) is 0 Å². The highest BCUT2D eigenvalue weighted by molar-refractivity contribution is 5.68. The summed E-state index contributed by atoms with van der Waals surface area (Å²) < 4.78 is 5.35. The van der Waals surface area contributed by atoms with Crippen LogP contribution in [0.1, 0.15) is 46.5 Å². The fourth-order valence-corrected chi connectivity index (χ4v) is 1.92. The Balaban J connectivity index is 2.32. The van der Waals surface area contributed by atoms with E-state index in [1.807, 2.05) is 20.8 Å². The predicted octanol–water partition coefficient (Wildman–Crippen LogP) is 2.41. The summed E-state index contributed by atoms with van der Waals surface area (Å²) in [6.07, 6.45) is 3.09. The first-order valence-electron chi connectivity index (χ1n) is 6.99. The second-order valence-electron chi connectivity index (χ2n) is 5.89. The molecule has 4 heteroatoms. The standard InChI is InChI=1S/C15H25NO3/c1-15(2,3)19-14(18)16-10-8-13(9-11-16)7-5-4-6-12-17/h13,17H,4,6,8-12H2,1-3H3. The Bertz CT molecular complexity index is 341. The maximum Gasteiger partial charge on any atom is 0.410 e. The monoisotopic (exact) mass is 267 g/mol. The fraction of sp³-hybridized carbons (Fsp3) is 0.800. The molecule has 4 nitrogen and oxygen atoms in total. The number of ether oxygens (including phenoxy) is 1. The van der Waals surface area contributed by atoms with E-state index in [1.54, 1.807) is 4.90 Å². The van der Waals surface area contributed by atoms with E-state index in [0.717, 1.165) is 25.7 Å². The molecular formula is C15H25NO3. The molecule has 1 saturated heterocycles. The molecule has 19 heavy (non-hydrogen) atoms. The summed E-state index contributed by atoms with van der Waals surface area (Å²) in [6, 6.07) is 0. The lowest BCUT2D eigenvalue weighted by Gasteiger charge is -2.31. The summed E-state index contributed by atoms with van der Waals surface area (Å²) >= 11 is 0. The SMILES string of the molecule is CC(C)(C)OC(=O)N1CCC(C#CCCCO)CC1. The van der Waals surface area contributed by atoms with Crippen molar-refractivity contribution in [3.63, 3.8) is 0 Å². The molecule has 1 aliphatic rings. The summed E-state index contributed by atoms with van der Waals surface area (Å²) in [5, 5.41) is 8.67. The van der Waals surface area contributed by atoms with Crippen LogP contribution >= 0.6 is 0 Å². The molecule has 1 fully saturated rings. The Hall–Kier alpha value is -1.21. The molecule has 1 aliphatic heterocycles. The Kier molecular flexibility index (Phi) is 6.17. The molecule has 1 rings (SSSR count). The molecule has 1 N–H and O–H groups in total. The van der Waals surface area contributed by atoms with Gasteiger partial charge in [0.15, 0.2) is 0 Å². The van der Waals surface area contributed by atoms with E-state index in [1.165, 1.54) is 0 Å². The highest BCUT2D eigenvalue weighted by Crippen LogP contribution is 2.19. The molecule has 0 unspecified atom stereocenters. The number of hydrogen-bond donors (Lipinski definition) is 1. The van der Waals surface area contributed by atoms with Crippen molar-refractivity contribution in [3.8, 4) is 11.8 Å². The normalized spacial score (nSPS) is 16.7. The number of likely N-dealkylation sites (tertiary alicyclic amines) is 1. The van der Waals surface area contributed by atoms with Gasteiger partial charge in [-0.05, 0) is 40.0 Å². The summed E-state index contributed by atoms with van der Waals surface area (Å²) in [7, 11) is 0. The lowest BCUT2D eigenvalue weighted by molar-refractivity contribution is 0.0199. The van der Waals surface area contributed by atoms with Crippen molar-refractivity contribution in [2.45, 2.75) is 52.1 Å². The molecule has 0 aliphatic carbocycles. The highest BCUT2D eigenvalue weighted by Gasteiger charge is 2.25. The van der Waals surface area contributed by atoms with Gasteiger partial charge in [0.25, 0.3) is 0 Å². The third-order valence-corrected chi connectivity index (χ3v) is 2.91. The third kappa shape index (κ3) is 6.49. The van der Waals surface area contributed by atoms with Crippen LogP contribution in [0.2, 0.25) is 0 Å². The number of carbonyl (C=O) groups is 1. The first-order valence-corrected chi connectivity index (χ1v) is 6.99. The number of unbranched alkanes of at least 4 members (excludes halogenated alkanes) is 1. The number of piperidine rings is 1. The zero-order valence-electron chi connectivity index (χ0n) is 12.2. The van der Waals surface area contributed by atoms with Crippen LogP contribution in [0, 0.1) is 17.8 Å². The Morgan fingerprint density at radius 1 is 1.37 bits per heavy atom. The molecule has 0 radical (unpaired) electrons. The molecule has 0 bridgehead atoms. The lowest BCUT2D eigenvalue weighted by Crippen LogP contribution is -2.41. The van der Waals surface area contributed by atoms with Gasteiger partial charge in [0.05, 0.1) is 0 Å². The summed E-state index contributed by atoms with van der Waals surface area (Å²) in [5.74, 6) is 6.69. The van der Waals surface area contributed by atoms with Crippen LogP contribution in [0.3, 0.4) is 0 Å². The smallest absolute Gasteiger partial charge is 0.410 e. The molecule has 0 aromatic heterocycles. The average Bonchev–Trinajstić information content (AvgIpc) is 2.33. The predicted molar refractivity (Wildman–Crippen MR) is 74.6 cm³/mol. The first kappa shape index (κ1) is 15.8. The van der Waals surface area contributed by atoms with Crippen LogP contribution in [0.15, 0.2) is 0 Å². The maximum atomic E-state index is 11.9. The van der Waals surface area contributed by atoms with E-state index < -0.39 is 5.60 Å². The molecule has 1 amide bonds. The van der Waals surface area contributed by atoms with Gasteiger partial charge in [0.2, 0.25) is 0 Å². The van der Waals surface area contributed by atoms with Crippen LogP contribution in [-0.4, -0.2) is 41.4 Å². The number of nitrogens with zero attached hydrogens (tertiary/aromatic N) is 1. The molecule has 0 spiro atoms. The van der Waals surface area contributed by atoms with Crippen molar-refractivity contribution >= 4 is 6.09 Å². The third-order valence-electron chi connectivity index (χ3n) is 2.91. The Labute approximate surface area is 116 Å². The second kappa shape index (κ2) is 7.40. The van der Waals surface area contributed by atoms with Crippen molar-refractivity contribution in [2.75, 3.05) is 19.7 Å². The first-order chi connectivity index (χ1) is 8.92. The quantitative estimate of drug-likeness (QED) is 0.617. The van der Waals surface area contributed by atoms with Gasteiger partial charge in [-0.1, -0.05) is 5.92 Å². The van der Waals surface area contributed by atoms with Gasteiger partial charge in [-0.2, -0.15) is 0 Å². The minimum absolute atomic E-state index is 0.200. The summed E-state index contributed by atoms with van der Waals surface area (Å²) in [5.41, 5.74) is -0.433. The zero-order chi connectivity index (χ0) is 14.3. The molecule has 108 valence electrons. The lowest BCUT2D eigenvalue weighted by atomic mass is 9.97. The number of aliphatic hydroxyl groups excluding tert-OH is 1. The van der Waals surface area contributed by atoms with Crippen LogP contribution < -0.4 is 0 Å².